The molecule has 0 aliphatic carbocycles. The van der Waals surface area contributed by atoms with Gasteiger partial charge >= 0.3 is 6.03 Å². The number of methoxy groups -OCH3 is 2. The Hall–Kier alpha value is -4.25. The second kappa shape index (κ2) is 12.8. The van der Waals surface area contributed by atoms with Crippen LogP contribution in [0.15, 0.2) is 60.9 Å². The molecular formula is C33H36ClN7O3. The zero-order valence-corrected chi connectivity index (χ0v) is 26.2. The fourth-order valence-electron chi connectivity index (χ4n) is 5.71. The van der Waals surface area contributed by atoms with Crippen molar-refractivity contribution in [2.45, 2.75) is 26.4 Å². The number of rotatable bonds is 8. The number of carbonyl (C=O) groups is 1. The van der Waals surface area contributed by atoms with Gasteiger partial charge in [-0.15, -0.1) is 0 Å². The lowest BCUT2D eigenvalue weighted by Gasteiger charge is -2.36. The van der Waals surface area contributed by atoms with Gasteiger partial charge in [0, 0.05) is 56.5 Å². The normalized spacial score (nSPS) is 15.8. The quantitative estimate of drug-likeness (QED) is 0.259. The van der Waals surface area contributed by atoms with E-state index in [1.54, 1.807) is 49.7 Å². The highest BCUT2D eigenvalue weighted by atomic mass is 35.5. The third-order valence-electron chi connectivity index (χ3n) is 8.20. The number of aryl methyl sites for hydroxylation is 1. The number of piperazine rings is 1. The van der Waals surface area contributed by atoms with Crippen molar-refractivity contribution in [1.29, 1.82) is 0 Å². The van der Waals surface area contributed by atoms with Gasteiger partial charge in [0.25, 0.3) is 0 Å². The molecule has 228 valence electrons. The lowest BCUT2D eigenvalue weighted by Crippen LogP contribution is -2.46. The molecule has 0 unspecified atom stereocenters. The van der Waals surface area contributed by atoms with E-state index in [0.29, 0.717) is 40.3 Å². The molecule has 0 spiro atoms. The number of ether oxygens (including phenoxy) is 2. The number of urea groups is 1. The van der Waals surface area contributed by atoms with E-state index < -0.39 is 0 Å². The minimum absolute atomic E-state index is 0.274. The van der Waals surface area contributed by atoms with Crippen LogP contribution in [0.2, 0.25) is 5.02 Å². The van der Waals surface area contributed by atoms with Crippen molar-refractivity contribution in [2.24, 2.45) is 0 Å². The maximum absolute atomic E-state index is 14.2. The first-order valence-corrected chi connectivity index (χ1v) is 15.0. The highest BCUT2D eigenvalue weighted by Crippen LogP contribution is 2.39. The van der Waals surface area contributed by atoms with E-state index in [-0.39, 0.29) is 12.6 Å². The van der Waals surface area contributed by atoms with Gasteiger partial charge in [-0.1, -0.05) is 35.9 Å². The zero-order chi connectivity index (χ0) is 30.8. The topological polar surface area (TPSA) is 87.2 Å². The molecule has 1 fully saturated rings. The summed E-state index contributed by atoms with van der Waals surface area (Å²) in [5, 5.41) is 0.491. The molecule has 0 atom stereocenters. The predicted octanol–water partition coefficient (Wildman–Crippen LogP) is 5.47. The summed E-state index contributed by atoms with van der Waals surface area (Å²) in [4.78, 5) is 36.3. The second-order valence-corrected chi connectivity index (χ2v) is 11.6. The number of aromatic nitrogens is 3. The van der Waals surface area contributed by atoms with E-state index in [2.05, 4.69) is 40.0 Å². The molecule has 2 amide bonds. The first-order chi connectivity index (χ1) is 21.3. The number of nitrogens with zero attached hydrogens (tertiary/aromatic N) is 7. The van der Waals surface area contributed by atoms with E-state index >= 15 is 0 Å². The Kier molecular flexibility index (Phi) is 8.65. The van der Waals surface area contributed by atoms with Gasteiger partial charge in [0.15, 0.2) is 5.82 Å². The maximum atomic E-state index is 14.2. The molecule has 10 nitrogen and oxygen atoms in total. The number of likely N-dealkylation sites (N-methyl/N-ethyl adjacent to an activating group) is 1. The predicted molar refractivity (Wildman–Crippen MR) is 171 cm³/mol. The van der Waals surface area contributed by atoms with Crippen molar-refractivity contribution in [1.82, 2.24) is 24.8 Å². The number of benzene rings is 2. The average Bonchev–Trinajstić information content (AvgIpc) is 3.03. The smallest absolute Gasteiger partial charge is 0.336 e. The molecule has 44 heavy (non-hydrogen) atoms. The van der Waals surface area contributed by atoms with Crippen LogP contribution in [0.25, 0.3) is 0 Å². The molecule has 4 heterocycles. The minimum atomic E-state index is -0.304. The molecular weight excluding hydrogens is 578 g/mol. The van der Waals surface area contributed by atoms with E-state index in [9.17, 15) is 4.79 Å². The zero-order valence-electron chi connectivity index (χ0n) is 25.5. The highest BCUT2D eigenvalue weighted by molar-refractivity contribution is 6.34. The summed E-state index contributed by atoms with van der Waals surface area (Å²) in [6.45, 7) is 7.34. The third-order valence-corrected chi connectivity index (χ3v) is 8.51. The van der Waals surface area contributed by atoms with Crippen LogP contribution in [0, 0.1) is 6.92 Å². The van der Waals surface area contributed by atoms with Gasteiger partial charge in [0.2, 0.25) is 0 Å². The lowest BCUT2D eigenvalue weighted by molar-refractivity contribution is 0.148. The van der Waals surface area contributed by atoms with Crippen LogP contribution in [0.3, 0.4) is 0 Å². The molecule has 6 rings (SSSR count). The summed E-state index contributed by atoms with van der Waals surface area (Å²) in [5.74, 6) is 2.86. The standard InChI is InChI=1S/C33H36ClN7O3/c1-22-6-5-7-27(34)31(22)40-21-25-18-35-29(37-32(25)41(33(40)42)30-11-10-26(43-3)19-36-30)17-24-9-8-23(16-28(24)44-4)20-39-14-12-38(2)13-15-39/h5-11,16,18-19H,12-15,17,20-21H2,1-4H3. The van der Waals surface area contributed by atoms with Crippen LogP contribution < -0.4 is 19.3 Å². The molecule has 2 aliphatic rings. The number of hydrogen-bond donors (Lipinski definition) is 0. The molecule has 11 heteroatoms. The Bertz CT molecular complexity index is 1640. The lowest BCUT2D eigenvalue weighted by atomic mass is 10.1. The summed E-state index contributed by atoms with van der Waals surface area (Å²) >= 11 is 6.61. The number of hydrogen-bond acceptors (Lipinski definition) is 8. The Morgan fingerprint density at radius 3 is 2.48 bits per heavy atom. The Morgan fingerprint density at radius 1 is 0.955 bits per heavy atom. The van der Waals surface area contributed by atoms with Crippen molar-refractivity contribution >= 4 is 35.0 Å². The number of anilines is 3. The number of para-hydroxylation sites is 1. The van der Waals surface area contributed by atoms with Gasteiger partial charge < -0.3 is 14.4 Å². The van der Waals surface area contributed by atoms with Gasteiger partial charge in [-0.25, -0.2) is 24.6 Å². The fourth-order valence-corrected chi connectivity index (χ4v) is 6.04. The monoisotopic (exact) mass is 613 g/mol. The van der Waals surface area contributed by atoms with Crippen LogP contribution >= 0.6 is 11.6 Å². The molecule has 2 aromatic heterocycles. The third kappa shape index (κ3) is 6.06. The van der Waals surface area contributed by atoms with Gasteiger partial charge in [-0.05, 0) is 49.4 Å². The van der Waals surface area contributed by atoms with E-state index in [0.717, 1.165) is 55.2 Å². The van der Waals surface area contributed by atoms with Crippen LogP contribution in [0.4, 0.5) is 22.1 Å². The van der Waals surface area contributed by atoms with Crippen LogP contribution in [0.1, 0.15) is 28.1 Å². The van der Waals surface area contributed by atoms with Crippen molar-refractivity contribution in [2.75, 3.05) is 57.2 Å². The van der Waals surface area contributed by atoms with Gasteiger partial charge in [-0.3, -0.25) is 9.80 Å². The van der Waals surface area contributed by atoms with E-state index in [1.165, 1.54) is 10.5 Å². The number of fused-ring (bicyclic) bond motifs is 1. The van der Waals surface area contributed by atoms with Crippen LogP contribution in [-0.4, -0.2) is 78.2 Å². The number of pyridine rings is 1. The molecule has 0 saturated carbocycles. The van der Waals surface area contributed by atoms with Gasteiger partial charge in [-0.2, -0.15) is 0 Å². The summed E-state index contributed by atoms with van der Waals surface area (Å²) in [6.07, 6.45) is 3.81. The van der Waals surface area contributed by atoms with Crippen LogP contribution in [-0.2, 0) is 19.5 Å². The largest absolute Gasteiger partial charge is 0.496 e. The summed E-state index contributed by atoms with van der Waals surface area (Å²) in [5.41, 5.74) is 4.49. The fraction of sp³-hybridized carbons (Fsp3) is 0.333. The Morgan fingerprint density at radius 2 is 1.77 bits per heavy atom. The maximum Gasteiger partial charge on any atom is 0.336 e. The molecule has 0 N–H and O–H groups in total. The van der Waals surface area contributed by atoms with Crippen molar-refractivity contribution in [3.63, 3.8) is 0 Å². The van der Waals surface area contributed by atoms with Crippen molar-refractivity contribution in [3.05, 3.63) is 94.0 Å². The molecule has 0 radical (unpaired) electrons. The molecule has 2 aromatic carbocycles. The minimum Gasteiger partial charge on any atom is -0.496 e. The highest BCUT2D eigenvalue weighted by Gasteiger charge is 2.36. The van der Waals surface area contributed by atoms with Crippen molar-refractivity contribution < 1.29 is 14.3 Å². The van der Waals surface area contributed by atoms with E-state index in [1.807, 2.05) is 19.1 Å². The number of carbonyl (C=O) groups excluding carboxylic acids is 1. The van der Waals surface area contributed by atoms with Gasteiger partial charge in [0.1, 0.15) is 23.1 Å². The number of halogens is 1. The number of amides is 2. The van der Waals surface area contributed by atoms with Crippen molar-refractivity contribution in [3.8, 4) is 11.5 Å². The Balaban J connectivity index is 1.32. The average molecular weight is 614 g/mol. The summed E-state index contributed by atoms with van der Waals surface area (Å²) < 4.78 is 11.1. The molecule has 0 bridgehead atoms. The SMILES string of the molecule is COc1ccc(N2C(=O)N(c3c(C)cccc3Cl)Cc3cnc(Cc4ccc(CN5CCN(C)CC5)cc4OC)nc32)nc1. The molecule has 1 saturated heterocycles. The van der Waals surface area contributed by atoms with E-state index in [4.69, 9.17) is 31.0 Å². The summed E-state index contributed by atoms with van der Waals surface area (Å²) in [7, 11) is 5.43. The first kappa shape index (κ1) is 29.8. The molecule has 2 aliphatic heterocycles. The molecule has 4 aromatic rings. The van der Waals surface area contributed by atoms with Gasteiger partial charge in [0.05, 0.1) is 37.7 Å². The first-order valence-electron chi connectivity index (χ1n) is 14.6. The van der Waals surface area contributed by atoms with Crippen LogP contribution in [0.5, 0.6) is 11.5 Å². The second-order valence-electron chi connectivity index (χ2n) is 11.2. The Labute approximate surface area is 262 Å². The summed E-state index contributed by atoms with van der Waals surface area (Å²) in [6, 6.07) is 15.1.